The second-order valence-corrected chi connectivity index (χ2v) is 3.79. The molecule has 0 saturated heterocycles. The van der Waals surface area contributed by atoms with Gasteiger partial charge in [-0.15, -0.1) is 0 Å². The molecule has 0 aromatic heterocycles. The molecule has 1 atom stereocenters. The normalized spacial score (nSPS) is 13.6. The number of hydrogen-bond acceptors (Lipinski definition) is 3. The van der Waals surface area contributed by atoms with Crippen molar-refractivity contribution in [3.8, 4) is 0 Å². The van der Waals surface area contributed by atoms with Crippen LogP contribution in [0.25, 0.3) is 0 Å². The molecule has 0 bridgehead atoms. The molecule has 0 aliphatic heterocycles. The van der Waals surface area contributed by atoms with E-state index in [1.165, 1.54) is 0 Å². The summed E-state index contributed by atoms with van der Waals surface area (Å²) < 4.78 is 4.96. The molecule has 0 heterocycles. The van der Waals surface area contributed by atoms with E-state index < -0.39 is 6.04 Å². The van der Waals surface area contributed by atoms with E-state index in [1.807, 2.05) is 27.7 Å². The Morgan fingerprint density at radius 1 is 1.33 bits per heavy atom. The number of carbonyl (C=O) groups excluding carboxylic acids is 1. The Morgan fingerprint density at radius 3 is 2.17 bits per heavy atom. The summed E-state index contributed by atoms with van der Waals surface area (Å²) in [5, 5.41) is 0. The molecule has 0 radical (unpaired) electrons. The zero-order valence-electron chi connectivity index (χ0n) is 8.33. The second kappa shape index (κ2) is 5.14. The molecule has 72 valence electrons. The minimum Gasteiger partial charge on any atom is -0.464 e. The van der Waals surface area contributed by atoms with Crippen molar-refractivity contribution >= 4 is 5.97 Å². The van der Waals surface area contributed by atoms with Crippen molar-refractivity contribution in [2.45, 2.75) is 33.7 Å². The summed E-state index contributed by atoms with van der Waals surface area (Å²) in [5.74, 6) is 0.219. The first-order valence-electron chi connectivity index (χ1n) is 4.37. The average Bonchev–Trinajstić information content (AvgIpc) is 1.98. The van der Waals surface area contributed by atoms with Crippen LogP contribution in [-0.2, 0) is 9.53 Å². The molecule has 0 unspecified atom stereocenters. The van der Waals surface area contributed by atoms with Gasteiger partial charge in [0.15, 0.2) is 0 Å². The van der Waals surface area contributed by atoms with E-state index in [2.05, 4.69) is 0 Å². The Bertz CT molecular complexity index is 143. The monoisotopic (exact) mass is 173 g/mol. The highest BCUT2D eigenvalue weighted by atomic mass is 16.5. The molecule has 0 fully saturated rings. The fraction of sp³-hybridized carbons (Fsp3) is 0.889. The Hall–Kier alpha value is -0.570. The fourth-order valence-corrected chi connectivity index (χ4v) is 0.617. The van der Waals surface area contributed by atoms with Crippen molar-refractivity contribution in [1.29, 1.82) is 0 Å². The third-order valence-corrected chi connectivity index (χ3v) is 1.55. The molecule has 12 heavy (non-hydrogen) atoms. The summed E-state index contributed by atoms with van der Waals surface area (Å²) in [6, 6.07) is -0.483. The maximum Gasteiger partial charge on any atom is 0.323 e. The summed E-state index contributed by atoms with van der Waals surface area (Å²) in [6.07, 6.45) is 0. The lowest BCUT2D eigenvalue weighted by Crippen LogP contribution is -2.37. The number of rotatable bonds is 4. The smallest absolute Gasteiger partial charge is 0.323 e. The first-order valence-corrected chi connectivity index (χ1v) is 4.37. The van der Waals surface area contributed by atoms with Gasteiger partial charge in [-0.1, -0.05) is 27.7 Å². The number of hydrogen-bond donors (Lipinski definition) is 1. The molecule has 0 rings (SSSR count). The Morgan fingerprint density at radius 2 is 1.83 bits per heavy atom. The van der Waals surface area contributed by atoms with Crippen LogP contribution in [-0.4, -0.2) is 18.6 Å². The molecule has 0 amide bonds. The molecule has 0 aliphatic carbocycles. The van der Waals surface area contributed by atoms with Gasteiger partial charge in [-0.3, -0.25) is 4.79 Å². The number of carbonyl (C=O) groups is 1. The van der Waals surface area contributed by atoms with Crippen molar-refractivity contribution in [3.05, 3.63) is 0 Å². The molecule has 0 aromatic rings. The molecular formula is C9H19NO2. The van der Waals surface area contributed by atoms with Gasteiger partial charge in [0.2, 0.25) is 0 Å². The van der Waals surface area contributed by atoms with Crippen molar-refractivity contribution in [3.63, 3.8) is 0 Å². The Balaban J connectivity index is 3.72. The zero-order chi connectivity index (χ0) is 9.72. The van der Waals surface area contributed by atoms with E-state index in [9.17, 15) is 4.79 Å². The lowest BCUT2D eigenvalue weighted by atomic mass is 10.1. The topological polar surface area (TPSA) is 52.3 Å². The second-order valence-electron chi connectivity index (χ2n) is 3.79. The van der Waals surface area contributed by atoms with Gasteiger partial charge in [0.05, 0.1) is 6.61 Å². The van der Waals surface area contributed by atoms with Gasteiger partial charge in [-0.25, -0.2) is 0 Å². The van der Waals surface area contributed by atoms with Gasteiger partial charge in [0.25, 0.3) is 0 Å². The summed E-state index contributed by atoms with van der Waals surface area (Å²) in [6.45, 7) is 8.25. The summed E-state index contributed by atoms with van der Waals surface area (Å²) >= 11 is 0. The molecule has 3 nitrogen and oxygen atoms in total. The molecule has 0 spiro atoms. The Kier molecular flexibility index (Phi) is 4.90. The first-order chi connectivity index (χ1) is 5.45. The molecule has 2 N–H and O–H groups in total. The van der Waals surface area contributed by atoms with Gasteiger partial charge in [-0.05, 0) is 11.8 Å². The minimum atomic E-state index is -0.483. The highest BCUT2D eigenvalue weighted by molar-refractivity contribution is 5.75. The van der Waals surface area contributed by atoms with Crippen LogP contribution < -0.4 is 5.73 Å². The third-order valence-electron chi connectivity index (χ3n) is 1.55. The van der Waals surface area contributed by atoms with Gasteiger partial charge >= 0.3 is 5.97 Å². The molecule has 3 heteroatoms. The number of esters is 1. The highest BCUT2D eigenvalue weighted by Gasteiger charge is 2.18. The molecule has 0 saturated carbocycles. The number of nitrogens with two attached hydrogens (primary N) is 1. The van der Waals surface area contributed by atoms with Gasteiger partial charge < -0.3 is 10.5 Å². The van der Waals surface area contributed by atoms with Crippen LogP contribution in [0.1, 0.15) is 27.7 Å². The van der Waals surface area contributed by atoms with E-state index >= 15 is 0 Å². The fourth-order valence-electron chi connectivity index (χ4n) is 0.617. The van der Waals surface area contributed by atoms with Gasteiger partial charge in [0, 0.05) is 0 Å². The maximum atomic E-state index is 11.1. The van der Waals surface area contributed by atoms with E-state index in [0.717, 1.165) is 0 Å². The van der Waals surface area contributed by atoms with Crippen molar-refractivity contribution in [2.24, 2.45) is 17.6 Å². The summed E-state index contributed by atoms with van der Waals surface area (Å²) in [5.41, 5.74) is 5.57. The Labute approximate surface area is 74.3 Å². The molecule has 0 aromatic carbocycles. The van der Waals surface area contributed by atoms with Crippen LogP contribution in [0.3, 0.4) is 0 Å². The van der Waals surface area contributed by atoms with Crippen LogP contribution in [0.4, 0.5) is 0 Å². The summed E-state index contributed by atoms with van der Waals surface area (Å²) in [7, 11) is 0. The predicted octanol–water partition coefficient (Wildman–Crippen LogP) is 1.17. The quantitative estimate of drug-likeness (QED) is 0.649. The van der Waals surface area contributed by atoms with Gasteiger partial charge in [-0.2, -0.15) is 0 Å². The van der Waals surface area contributed by atoms with Crippen LogP contribution >= 0.6 is 0 Å². The third kappa shape index (κ3) is 4.34. The molecule has 0 aliphatic rings. The van der Waals surface area contributed by atoms with E-state index in [4.69, 9.17) is 10.5 Å². The lowest BCUT2D eigenvalue weighted by Gasteiger charge is -2.15. The van der Waals surface area contributed by atoms with E-state index in [0.29, 0.717) is 12.5 Å². The lowest BCUT2D eigenvalue weighted by molar-refractivity contribution is -0.147. The standard InChI is InChI=1S/C9H19NO2/c1-6(2)5-12-9(11)8(10)7(3)4/h6-8H,5,10H2,1-4H3/t8-/m1/s1. The van der Waals surface area contributed by atoms with Crippen LogP contribution in [0.5, 0.6) is 0 Å². The zero-order valence-corrected chi connectivity index (χ0v) is 8.33. The van der Waals surface area contributed by atoms with Crippen LogP contribution in [0.2, 0.25) is 0 Å². The van der Waals surface area contributed by atoms with E-state index in [1.54, 1.807) is 0 Å². The van der Waals surface area contributed by atoms with Gasteiger partial charge in [0.1, 0.15) is 6.04 Å². The SMILES string of the molecule is CC(C)COC(=O)[C@H](N)C(C)C. The minimum absolute atomic E-state index is 0.143. The molecular weight excluding hydrogens is 154 g/mol. The van der Waals surface area contributed by atoms with E-state index in [-0.39, 0.29) is 11.9 Å². The average molecular weight is 173 g/mol. The van der Waals surface area contributed by atoms with Crippen LogP contribution in [0.15, 0.2) is 0 Å². The van der Waals surface area contributed by atoms with Crippen LogP contribution in [0, 0.1) is 11.8 Å². The van der Waals surface area contributed by atoms with Crippen molar-refractivity contribution in [2.75, 3.05) is 6.61 Å². The first kappa shape index (κ1) is 11.4. The van der Waals surface area contributed by atoms with Crippen molar-refractivity contribution < 1.29 is 9.53 Å². The summed E-state index contributed by atoms with van der Waals surface area (Å²) in [4.78, 5) is 11.1. The van der Waals surface area contributed by atoms with Crippen molar-refractivity contribution in [1.82, 2.24) is 0 Å². The predicted molar refractivity (Wildman–Crippen MR) is 48.6 cm³/mol. The largest absolute Gasteiger partial charge is 0.464 e. The maximum absolute atomic E-state index is 11.1. The highest BCUT2D eigenvalue weighted by Crippen LogP contribution is 2.02. The number of ether oxygens (including phenoxy) is 1.